The van der Waals surface area contributed by atoms with Crippen LogP contribution in [-0.4, -0.2) is 36.4 Å². The van der Waals surface area contributed by atoms with E-state index in [0.29, 0.717) is 18.4 Å². The molecule has 0 unspecified atom stereocenters. The van der Waals surface area contributed by atoms with E-state index in [0.717, 1.165) is 30.0 Å². The minimum absolute atomic E-state index is 0.00210. The summed E-state index contributed by atoms with van der Waals surface area (Å²) in [5, 5.41) is 6.65. The van der Waals surface area contributed by atoms with E-state index >= 15 is 0 Å². The van der Waals surface area contributed by atoms with E-state index < -0.39 is 17.4 Å². The van der Waals surface area contributed by atoms with Crippen molar-refractivity contribution in [3.05, 3.63) is 54.1 Å². The van der Waals surface area contributed by atoms with Crippen molar-refractivity contribution in [2.45, 2.75) is 63.8 Å². The first-order valence-corrected chi connectivity index (χ1v) is 11.1. The predicted molar refractivity (Wildman–Crippen MR) is 124 cm³/mol. The predicted octanol–water partition coefficient (Wildman–Crippen LogP) is 4.93. The molecule has 1 aliphatic heterocycles. The van der Waals surface area contributed by atoms with Crippen LogP contribution in [0.25, 0.3) is 0 Å². The Hall–Kier alpha value is -3.22. The van der Waals surface area contributed by atoms with Crippen LogP contribution < -0.4 is 20.3 Å². The number of carbonyl (C=O) groups is 2. The number of ether oxygens (including phenoxy) is 2. The van der Waals surface area contributed by atoms with Gasteiger partial charge in [-0.3, -0.25) is 9.69 Å². The molecule has 7 nitrogen and oxygen atoms in total. The first-order valence-electron chi connectivity index (χ1n) is 11.1. The van der Waals surface area contributed by atoms with Gasteiger partial charge in [-0.15, -0.1) is 0 Å². The Morgan fingerprint density at radius 2 is 1.75 bits per heavy atom. The van der Waals surface area contributed by atoms with Crippen molar-refractivity contribution >= 4 is 23.4 Å². The Morgan fingerprint density at radius 3 is 2.38 bits per heavy atom. The molecule has 2 aromatic rings. The average Bonchev–Trinajstić information content (AvgIpc) is 2.75. The standard InChI is InChI=1S/C25H31N3O4/c1-24(2,3)32-23(30)26-17-13-15-25(16-14-17)27-21-8-6-5-7-20(21)22(29)28(25)18-9-11-19(31-4)12-10-18/h5-12,17,27H,13-16H2,1-4H3,(H,26,30). The molecule has 1 saturated carbocycles. The molecule has 0 radical (unpaired) electrons. The number of para-hydroxylation sites is 1. The zero-order chi connectivity index (χ0) is 22.9. The molecule has 0 atom stereocenters. The number of benzene rings is 2. The maximum atomic E-state index is 13.6. The summed E-state index contributed by atoms with van der Waals surface area (Å²) in [6.07, 6.45) is 2.45. The number of anilines is 2. The molecule has 2 aliphatic rings. The number of hydrogen-bond donors (Lipinski definition) is 2. The number of carbonyl (C=O) groups excluding carboxylic acids is 2. The number of fused-ring (bicyclic) bond motifs is 1. The van der Waals surface area contributed by atoms with Gasteiger partial charge in [0.25, 0.3) is 5.91 Å². The van der Waals surface area contributed by atoms with Gasteiger partial charge in [-0.05, 0) is 82.9 Å². The fourth-order valence-corrected chi connectivity index (χ4v) is 4.56. The van der Waals surface area contributed by atoms with E-state index in [1.165, 1.54) is 0 Å². The molecular weight excluding hydrogens is 406 g/mol. The zero-order valence-corrected chi connectivity index (χ0v) is 19.1. The van der Waals surface area contributed by atoms with Gasteiger partial charge in [0.15, 0.2) is 0 Å². The summed E-state index contributed by atoms with van der Waals surface area (Å²) in [4.78, 5) is 27.7. The minimum atomic E-state index is -0.563. The number of rotatable bonds is 3. The lowest BCUT2D eigenvalue weighted by Gasteiger charge is -2.51. The fourth-order valence-electron chi connectivity index (χ4n) is 4.56. The third-order valence-corrected chi connectivity index (χ3v) is 6.02. The Balaban J connectivity index is 1.59. The Kier molecular flexibility index (Phi) is 5.75. The molecule has 2 aromatic carbocycles. The second-order valence-corrected chi connectivity index (χ2v) is 9.46. The number of nitrogens with zero attached hydrogens (tertiary/aromatic N) is 1. The molecule has 2 N–H and O–H groups in total. The highest BCUT2D eigenvalue weighted by Gasteiger charge is 2.47. The van der Waals surface area contributed by atoms with Gasteiger partial charge >= 0.3 is 6.09 Å². The van der Waals surface area contributed by atoms with Gasteiger partial charge in [0, 0.05) is 17.4 Å². The van der Waals surface area contributed by atoms with Gasteiger partial charge in [0.1, 0.15) is 17.0 Å². The normalized spacial score (nSPS) is 22.7. The molecular formula is C25H31N3O4. The first kappa shape index (κ1) is 22.0. The molecule has 2 amide bonds. The van der Waals surface area contributed by atoms with Crippen LogP contribution in [0.2, 0.25) is 0 Å². The summed E-state index contributed by atoms with van der Waals surface area (Å²) in [5.74, 6) is 0.717. The van der Waals surface area contributed by atoms with Gasteiger partial charge < -0.3 is 20.1 Å². The maximum absolute atomic E-state index is 13.6. The third-order valence-electron chi connectivity index (χ3n) is 6.02. The summed E-state index contributed by atoms with van der Waals surface area (Å²) < 4.78 is 10.7. The van der Waals surface area contributed by atoms with E-state index in [2.05, 4.69) is 10.6 Å². The molecule has 1 heterocycles. The molecule has 7 heteroatoms. The highest BCUT2D eigenvalue weighted by molar-refractivity contribution is 6.12. The van der Waals surface area contributed by atoms with Crippen LogP contribution in [0.15, 0.2) is 48.5 Å². The van der Waals surface area contributed by atoms with Crippen LogP contribution in [0, 0.1) is 0 Å². The Bertz CT molecular complexity index is 989. The average molecular weight is 438 g/mol. The number of alkyl carbamates (subject to hydrolysis) is 1. The molecule has 1 fully saturated rings. The quantitative estimate of drug-likeness (QED) is 0.712. The van der Waals surface area contributed by atoms with E-state index in [1.807, 2.05) is 74.2 Å². The van der Waals surface area contributed by atoms with Crippen molar-refractivity contribution in [2.75, 3.05) is 17.3 Å². The minimum Gasteiger partial charge on any atom is -0.497 e. The lowest BCUT2D eigenvalue weighted by molar-refractivity contribution is 0.0482. The molecule has 0 saturated heterocycles. The molecule has 0 bridgehead atoms. The highest BCUT2D eigenvalue weighted by atomic mass is 16.6. The van der Waals surface area contributed by atoms with Crippen molar-refractivity contribution in [1.29, 1.82) is 0 Å². The number of amides is 2. The Labute approximate surface area is 189 Å². The SMILES string of the molecule is COc1ccc(N2C(=O)c3ccccc3NC23CCC(NC(=O)OC(C)(C)C)CC3)cc1. The van der Waals surface area contributed by atoms with Crippen LogP contribution in [0.3, 0.4) is 0 Å². The molecule has 1 spiro atoms. The second-order valence-electron chi connectivity index (χ2n) is 9.46. The molecule has 1 aliphatic carbocycles. The number of nitrogens with one attached hydrogen (secondary N) is 2. The number of hydrogen-bond acceptors (Lipinski definition) is 5. The van der Waals surface area contributed by atoms with Crippen LogP contribution >= 0.6 is 0 Å². The molecule has 4 rings (SSSR count). The highest BCUT2D eigenvalue weighted by Crippen LogP contribution is 2.43. The van der Waals surface area contributed by atoms with Crippen molar-refractivity contribution < 1.29 is 19.1 Å². The maximum Gasteiger partial charge on any atom is 0.407 e. The second kappa shape index (κ2) is 8.37. The summed E-state index contributed by atoms with van der Waals surface area (Å²) in [7, 11) is 1.62. The topological polar surface area (TPSA) is 79.9 Å². The molecule has 170 valence electrons. The van der Waals surface area contributed by atoms with Gasteiger partial charge in [-0.2, -0.15) is 0 Å². The van der Waals surface area contributed by atoms with Crippen molar-refractivity contribution in [2.24, 2.45) is 0 Å². The molecule has 0 aromatic heterocycles. The van der Waals surface area contributed by atoms with E-state index in [9.17, 15) is 9.59 Å². The van der Waals surface area contributed by atoms with Crippen LogP contribution in [0.5, 0.6) is 5.75 Å². The lowest BCUT2D eigenvalue weighted by Crippen LogP contribution is -2.63. The largest absolute Gasteiger partial charge is 0.497 e. The van der Waals surface area contributed by atoms with E-state index in [-0.39, 0.29) is 11.9 Å². The summed E-state index contributed by atoms with van der Waals surface area (Å²) in [6, 6.07) is 15.2. The third kappa shape index (κ3) is 4.38. The Morgan fingerprint density at radius 1 is 1.09 bits per heavy atom. The lowest BCUT2D eigenvalue weighted by atomic mass is 9.81. The van der Waals surface area contributed by atoms with Crippen molar-refractivity contribution in [3.63, 3.8) is 0 Å². The summed E-state index contributed by atoms with van der Waals surface area (Å²) >= 11 is 0. The van der Waals surface area contributed by atoms with Gasteiger partial charge in [0.2, 0.25) is 0 Å². The van der Waals surface area contributed by atoms with Crippen LogP contribution in [0.1, 0.15) is 56.8 Å². The monoisotopic (exact) mass is 437 g/mol. The van der Waals surface area contributed by atoms with Crippen LogP contribution in [-0.2, 0) is 4.74 Å². The van der Waals surface area contributed by atoms with Crippen LogP contribution in [0.4, 0.5) is 16.2 Å². The van der Waals surface area contributed by atoms with Gasteiger partial charge in [0.05, 0.1) is 12.7 Å². The van der Waals surface area contributed by atoms with Crippen molar-refractivity contribution in [1.82, 2.24) is 5.32 Å². The van der Waals surface area contributed by atoms with Gasteiger partial charge in [-0.25, -0.2) is 4.79 Å². The fraction of sp³-hybridized carbons (Fsp3) is 0.440. The summed E-state index contributed by atoms with van der Waals surface area (Å²) in [5.41, 5.74) is 1.22. The zero-order valence-electron chi connectivity index (χ0n) is 19.1. The first-order chi connectivity index (χ1) is 15.2. The smallest absolute Gasteiger partial charge is 0.407 e. The van der Waals surface area contributed by atoms with E-state index in [4.69, 9.17) is 9.47 Å². The molecule has 32 heavy (non-hydrogen) atoms. The summed E-state index contributed by atoms with van der Waals surface area (Å²) in [6.45, 7) is 5.55. The van der Waals surface area contributed by atoms with Gasteiger partial charge in [-0.1, -0.05) is 12.1 Å². The van der Waals surface area contributed by atoms with Crippen molar-refractivity contribution in [3.8, 4) is 5.75 Å². The van der Waals surface area contributed by atoms with E-state index in [1.54, 1.807) is 7.11 Å². The number of methoxy groups -OCH3 is 1.